The van der Waals surface area contributed by atoms with Crippen molar-refractivity contribution < 1.29 is 0 Å². The zero-order chi connectivity index (χ0) is 14.8. The summed E-state index contributed by atoms with van der Waals surface area (Å²) in [5.41, 5.74) is 3.12. The summed E-state index contributed by atoms with van der Waals surface area (Å²) in [6, 6.07) is 10.1. The van der Waals surface area contributed by atoms with Gasteiger partial charge in [0.1, 0.15) is 4.70 Å². The van der Waals surface area contributed by atoms with E-state index in [0.29, 0.717) is 0 Å². The van der Waals surface area contributed by atoms with Gasteiger partial charge in [-0.05, 0) is 22.6 Å². The van der Waals surface area contributed by atoms with Crippen LogP contribution < -0.4 is 5.56 Å². The lowest BCUT2D eigenvalue weighted by molar-refractivity contribution is 0.728. The molecule has 3 aromatic rings. The molecule has 3 nitrogen and oxygen atoms in total. The molecule has 0 amide bonds. The van der Waals surface area contributed by atoms with E-state index in [2.05, 4.69) is 23.7 Å². The lowest BCUT2D eigenvalue weighted by Gasteiger charge is -2.07. The first-order valence-electron chi connectivity index (χ1n) is 6.47. The van der Waals surface area contributed by atoms with Crippen LogP contribution in [0.15, 0.2) is 52.2 Å². The molecule has 5 heteroatoms. The van der Waals surface area contributed by atoms with Gasteiger partial charge in [0.25, 0.3) is 5.56 Å². The average molecular weight is 314 g/mol. The molecule has 0 radical (unpaired) electrons. The van der Waals surface area contributed by atoms with Crippen LogP contribution >= 0.6 is 23.1 Å². The molecule has 0 N–H and O–H groups in total. The van der Waals surface area contributed by atoms with Crippen LogP contribution in [-0.2, 0) is 12.8 Å². The molecule has 0 aliphatic rings. The summed E-state index contributed by atoms with van der Waals surface area (Å²) in [5, 5.41) is 2.65. The number of thioether (sulfide) groups is 1. The molecule has 0 aliphatic heterocycles. The molecule has 2 heterocycles. The minimum atomic E-state index is 0.0273. The van der Waals surface area contributed by atoms with Gasteiger partial charge in [0, 0.05) is 12.8 Å². The van der Waals surface area contributed by atoms with Gasteiger partial charge in [0.2, 0.25) is 0 Å². The van der Waals surface area contributed by atoms with Gasteiger partial charge in [0.15, 0.2) is 5.16 Å². The van der Waals surface area contributed by atoms with E-state index in [0.717, 1.165) is 26.7 Å². The smallest absolute Gasteiger partial charge is 0.271 e. The van der Waals surface area contributed by atoms with E-state index in [1.807, 2.05) is 29.7 Å². The molecule has 3 rings (SSSR count). The summed E-state index contributed by atoms with van der Waals surface area (Å²) < 4.78 is 2.35. The lowest BCUT2D eigenvalue weighted by atomic mass is 10.1. The zero-order valence-electron chi connectivity index (χ0n) is 11.6. The maximum Gasteiger partial charge on any atom is 0.271 e. The van der Waals surface area contributed by atoms with Crippen LogP contribution in [0.4, 0.5) is 0 Å². The van der Waals surface area contributed by atoms with Crippen LogP contribution in [0.5, 0.6) is 0 Å². The van der Waals surface area contributed by atoms with E-state index in [4.69, 9.17) is 0 Å². The third-order valence-electron chi connectivity index (χ3n) is 3.23. The molecular weight excluding hydrogens is 300 g/mol. The number of nitrogens with zero attached hydrogens (tertiary/aromatic N) is 2. The van der Waals surface area contributed by atoms with E-state index < -0.39 is 0 Å². The third kappa shape index (κ3) is 2.80. The van der Waals surface area contributed by atoms with Crippen LogP contribution in [0, 0.1) is 0 Å². The number of hydrogen-bond donors (Lipinski definition) is 0. The molecule has 106 valence electrons. The SMILES string of the molecule is C=Cc1ccc(CSc2nc3ccsc3c(=O)n2C)cc1. The number of rotatable bonds is 4. The summed E-state index contributed by atoms with van der Waals surface area (Å²) >= 11 is 3.02. The Kier molecular flexibility index (Phi) is 3.94. The number of hydrogen-bond acceptors (Lipinski definition) is 4. The Morgan fingerprint density at radius 3 is 2.81 bits per heavy atom. The Bertz CT molecular complexity index is 847. The Morgan fingerprint density at radius 2 is 2.10 bits per heavy atom. The van der Waals surface area contributed by atoms with E-state index in [-0.39, 0.29) is 5.56 Å². The average Bonchev–Trinajstić information content (AvgIpc) is 2.98. The highest BCUT2D eigenvalue weighted by Crippen LogP contribution is 2.23. The van der Waals surface area contributed by atoms with E-state index in [9.17, 15) is 4.79 Å². The topological polar surface area (TPSA) is 34.9 Å². The number of aromatic nitrogens is 2. The van der Waals surface area contributed by atoms with Crippen molar-refractivity contribution in [2.45, 2.75) is 10.9 Å². The van der Waals surface area contributed by atoms with E-state index in [1.54, 1.807) is 23.4 Å². The molecular formula is C16H14N2OS2. The Labute approximate surface area is 131 Å². The highest BCUT2D eigenvalue weighted by Gasteiger charge is 2.09. The second-order valence-electron chi connectivity index (χ2n) is 4.63. The van der Waals surface area contributed by atoms with Crippen molar-refractivity contribution in [3.63, 3.8) is 0 Å². The van der Waals surface area contributed by atoms with Crippen molar-refractivity contribution in [2.75, 3.05) is 0 Å². The van der Waals surface area contributed by atoms with Crippen LogP contribution in [0.2, 0.25) is 0 Å². The fraction of sp³-hybridized carbons (Fsp3) is 0.125. The van der Waals surface area contributed by atoms with Gasteiger partial charge in [-0.25, -0.2) is 4.98 Å². The third-order valence-corrected chi connectivity index (χ3v) is 5.22. The summed E-state index contributed by atoms with van der Waals surface area (Å²) in [5.74, 6) is 0.785. The lowest BCUT2D eigenvalue weighted by Crippen LogP contribution is -2.18. The van der Waals surface area contributed by atoms with Crippen LogP contribution in [-0.4, -0.2) is 9.55 Å². The number of fused-ring (bicyclic) bond motifs is 1. The Balaban J connectivity index is 1.85. The Morgan fingerprint density at radius 1 is 1.33 bits per heavy atom. The quantitative estimate of drug-likeness (QED) is 0.540. The van der Waals surface area contributed by atoms with E-state index >= 15 is 0 Å². The summed E-state index contributed by atoms with van der Waals surface area (Å²) in [4.78, 5) is 16.8. The molecule has 0 saturated carbocycles. The van der Waals surface area contributed by atoms with Gasteiger partial charge in [-0.15, -0.1) is 11.3 Å². The predicted octanol–water partition coefficient (Wildman–Crippen LogP) is 3.93. The maximum absolute atomic E-state index is 12.2. The van der Waals surface area contributed by atoms with E-state index in [1.165, 1.54) is 16.9 Å². The summed E-state index contributed by atoms with van der Waals surface area (Å²) in [7, 11) is 1.78. The molecule has 0 spiro atoms. The minimum Gasteiger partial charge on any atom is -0.290 e. The molecule has 21 heavy (non-hydrogen) atoms. The highest BCUT2D eigenvalue weighted by molar-refractivity contribution is 7.98. The standard InChI is InChI=1S/C16H14N2OS2/c1-3-11-4-6-12(7-5-11)10-21-16-17-13-8-9-20-14(13)15(19)18(16)2/h3-9H,1,10H2,2H3. The van der Waals surface area contributed by atoms with Crippen molar-refractivity contribution in [3.05, 3.63) is 63.8 Å². The molecule has 0 bridgehead atoms. The molecule has 0 unspecified atom stereocenters. The summed E-state index contributed by atoms with van der Waals surface area (Å²) in [6.07, 6.45) is 1.83. The first-order chi connectivity index (χ1) is 10.2. The zero-order valence-corrected chi connectivity index (χ0v) is 13.2. The fourth-order valence-electron chi connectivity index (χ4n) is 1.99. The Hall–Kier alpha value is -1.85. The van der Waals surface area contributed by atoms with Gasteiger partial charge in [0.05, 0.1) is 5.52 Å². The first-order valence-corrected chi connectivity index (χ1v) is 8.34. The van der Waals surface area contributed by atoms with Gasteiger partial charge < -0.3 is 0 Å². The second-order valence-corrected chi connectivity index (χ2v) is 6.49. The van der Waals surface area contributed by atoms with Crippen molar-refractivity contribution >= 4 is 39.4 Å². The van der Waals surface area contributed by atoms with Crippen LogP contribution in [0.3, 0.4) is 0 Å². The molecule has 0 aliphatic carbocycles. The van der Waals surface area contributed by atoms with Gasteiger partial charge >= 0.3 is 0 Å². The molecule has 1 aromatic carbocycles. The van der Waals surface area contributed by atoms with Crippen LogP contribution in [0.1, 0.15) is 11.1 Å². The normalized spacial score (nSPS) is 10.9. The van der Waals surface area contributed by atoms with Crippen molar-refractivity contribution in [1.82, 2.24) is 9.55 Å². The van der Waals surface area contributed by atoms with Crippen molar-refractivity contribution in [1.29, 1.82) is 0 Å². The highest BCUT2D eigenvalue weighted by atomic mass is 32.2. The number of benzene rings is 1. The van der Waals surface area contributed by atoms with Gasteiger partial charge in [-0.1, -0.05) is 48.7 Å². The van der Waals surface area contributed by atoms with Crippen LogP contribution in [0.25, 0.3) is 16.3 Å². The van der Waals surface area contributed by atoms with Gasteiger partial charge in [-0.2, -0.15) is 0 Å². The molecule has 0 saturated heterocycles. The number of thiophene rings is 1. The van der Waals surface area contributed by atoms with Crippen molar-refractivity contribution in [3.8, 4) is 0 Å². The fourth-order valence-corrected chi connectivity index (χ4v) is 3.73. The van der Waals surface area contributed by atoms with Crippen molar-refractivity contribution in [2.24, 2.45) is 7.05 Å². The minimum absolute atomic E-state index is 0.0273. The largest absolute Gasteiger partial charge is 0.290 e. The van der Waals surface area contributed by atoms with Gasteiger partial charge in [-0.3, -0.25) is 9.36 Å². The predicted molar refractivity (Wildman–Crippen MR) is 91.0 cm³/mol. The molecule has 0 fully saturated rings. The second kappa shape index (κ2) is 5.87. The first kappa shape index (κ1) is 14.1. The summed E-state index contributed by atoms with van der Waals surface area (Å²) in [6.45, 7) is 3.75. The maximum atomic E-state index is 12.2. The molecule has 0 atom stereocenters. The monoisotopic (exact) mass is 314 g/mol. The molecule has 2 aromatic heterocycles.